The average Bonchev–Trinajstić information content (AvgIpc) is 3.60. The monoisotopic (exact) mass is 726 g/mol. The quantitative estimate of drug-likeness (QED) is 0.159. The lowest BCUT2D eigenvalue weighted by Gasteiger charge is -2.34. The molecule has 1 aliphatic carbocycles. The Kier molecular flexibility index (Phi) is 8.03. The Morgan fingerprint density at radius 3 is 1.93 bits per heavy atom. The van der Waals surface area contributed by atoms with Gasteiger partial charge < -0.3 is 0 Å². The number of nitrogens with zero attached hydrogens (tertiary/aromatic N) is 6. The topological polar surface area (TPSA) is 79.7 Å². The molecule has 0 radical (unpaired) electrons. The third-order valence-corrected chi connectivity index (χ3v) is 10.9. The number of rotatable bonds is 6. The van der Waals surface area contributed by atoms with Crippen molar-refractivity contribution in [2.24, 2.45) is 0 Å². The molecule has 4 aromatic heterocycles. The molecular formula is C51H30N6. The van der Waals surface area contributed by atoms with Gasteiger partial charge in [0.05, 0.1) is 46.0 Å². The molecule has 0 bridgehead atoms. The first kappa shape index (κ1) is 33.5. The zero-order chi connectivity index (χ0) is 38.3. The Morgan fingerprint density at radius 1 is 0.526 bits per heavy atom. The Balaban J connectivity index is 1.25. The lowest BCUT2D eigenvalue weighted by Crippen LogP contribution is -2.28. The molecule has 264 valence electrons. The predicted octanol–water partition coefficient (Wildman–Crippen LogP) is 11.9. The molecular weight excluding hydrogens is 697 g/mol. The summed E-state index contributed by atoms with van der Waals surface area (Å²) in [5.41, 5.74) is 13.8. The fourth-order valence-corrected chi connectivity index (χ4v) is 8.47. The van der Waals surface area contributed by atoms with Gasteiger partial charge in [-0.1, -0.05) is 109 Å². The molecule has 10 rings (SSSR count). The second-order valence-corrected chi connectivity index (χ2v) is 14.0. The molecule has 0 saturated carbocycles. The number of benzene rings is 5. The van der Waals surface area contributed by atoms with Gasteiger partial charge >= 0.3 is 0 Å². The summed E-state index contributed by atoms with van der Waals surface area (Å²) >= 11 is 0. The highest BCUT2D eigenvalue weighted by atomic mass is 14.8. The van der Waals surface area contributed by atoms with E-state index in [1.54, 1.807) is 30.7 Å². The lowest BCUT2D eigenvalue weighted by atomic mass is 9.67. The highest BCUT2D eigenvalue weighted by Crippen LogP contribution is 2.59. The van der Waals surface area contributed by atoms with Crippen molar-refractivity contribution >= 4 is 16.5 Å². The van der Waals surface area contributed by atoms with E-state index < -0.39 is 5.41 Å². The normalized spacial score (nSPS) is 12.3. The molecule has 6 heteroatoms. The van der Waals surface area contributed by atoms with Crippen molar-refractivity contribution in [2.75, 3.05) is 0 Å². The van der Waals surface area contributed by atoms with Crippen LogP contribution >= 0.6 is 0 Å². The van der Waals surface area contributed by atoms with E-state index in [0.29, 0.717) is 22.6 Å². The number of aromatic nitrogens is 4. The van der Waals surface area contributed by atoms with Crippen molar-refractivity contribution in [2.45, 2.75) is 5.41 Å². The minimum absolute atomic E-state index is 0.491. The van der Waals surface area contributed by atoms with E-state index in [9.17, 15) is 5.26 Å². The lowest BCUT2D eigenvalue weighted by molar-refractivity contribution is 0.769. The van der Waals surface area contributed by atoms with Gasteiger partial charge in [0.25, 0.3) is 0 Å². The van der Waals surface area contributed by atoms with Crippen LogP contribution in [-0.2, 0) is 5.41 Å². The summed E-state index contributed by atoms with van der Waals surface area (Å²) in [6.45, 7) is 7.56. The molecule has 4 heterocycles. The van der Waals surface area contributed by atoms with Crippen molar-refractivity contribution in [1.82, 2.24) is 19.9 Å². The van der Waals surface area contributed by atoms with Crippen LogP contribution in [0.4, 0.5) is 5.69 Å². The predicted molar refractivity (Wildman–Crippen MR) is 225 cm³/mol. The molecule has 9 aromatic rings. The fraction of sp³-hybridized carbons (Fsp3) is 0.0196. The number of hydrogen-bond acceptors (Lipinski definition) is 5. The van der Waals surface area contributed by atoms with Gasteiger partial charge in [-0.3, -0.25) is 9.97 Å². The molecule has 0 fully saturated rings. The van der Waals surface area contributed by atoms with Crippen LogP contribution in [0.3, 0.4) is 0 Å². The van der Waals surface area contributed by atoms with Gasteiger partial charge in [0.1, 0.15) is 6.07 Å². The molecule has 0 aliphatic heterocycles. The molecule has 0 unspecified atom stereocenters. The van der Waals surface area contributed by atoms with E-state index in [2.05, 4.69) is 136 Å². The van der Waals surface area contributed by atoms with Gasteiger partial charge in [-0.25, -0.2) is 14.8 Å². The summed E-state index contributed by atoms with van der Waals surface area (Å²) in [5, 5.41) is 11.8. The highest BCUT2D eigenvalue weighted by Gasteiger charge is 2.47. The minimum Gasteiger partial charge on any atom is -0.263 e. The van der Waals surface area contributed by atoms with Gasteiger partial charge in [-0.2, -0.15) is 5.26 Å². The van der Waals surface area contributed by atoms with Crippen molar-refractivity contribution in [1.29, 1.82) is 5.26 Å². The van der Waals surface area contributed by atoms with Crippen molar-refractivity contribution in [3.05, 3.63) is 222 Å². The van der Waals surface area contributed by atoms with E-state index in [4.69, 9.17) is 16.5 Å². The van der Waals surface area contributed by atoms with Gasteiger partial charge in [-0.05, 0) is 98.8 Å². The zero-order valence-corrected chi connectivity index (χ0v) is 30.5. The number of pyridine rings is 4. The van der Waals surface area contributed by atoms with Gasteiger partial charge in [0.15, 0.2) is 5.69 Å². The molecule has 0 saturated heterocycles. The molecule has 1 aliphatic rings. The molecule has 5 aromatic carbocycles. The van der Waals surface area contributed by atoms with E-state index in [1.165, 1.54) is 11.1 Å². The van der Waals surface area contributed by atoms with Crippen LogP contribution in [-0.4, -0.2) is 19.9 Å². The Hall–Kier alpha value is -8.06. The van der Waals surface area contributed by atoms with E-state index in [1.807, 2.05) is 36.4 Å². The highest BCUT2D eigenvalue weighted by molar-refractivity contribution is 6.10. The van der Waals surface area contributed by atoms with Crippen LogP contribution in [0, 0.1) is 17.9 Å². The Labute approximate surface area is 329 Å². The summed E-state index contributed by atoms with van der Waals surface area (Å²) in [4.78, 5) is 22.8. The zero-order valence-electron chi connectivity index (χ0n) is 30.5. The van der Waals surface area contributed by atoms with Crippen LogP contribution in [0.25, 0.3) is 71.9 Å². The van der Waals surface area contributed by atoms with Crippen LogP contribution in [0.1, 0.15) is 27.8 Å². The maximum absolute atomic E-state index is 9.54. The van der Waals surface area contributed by atoms with Crippen molar-refractivity contribution < 1.29 is 0 Å². The third kappa shape index (κ3) is 5.48. The second kappa shape index (κ2) is 13.7. The molecule has 0 atom stereocenters. The molecule has 0 amide bonds. The second-order valence-electron chi connectivity index (χ2n) is 14.0. The van der Waals surface area contributed by atoms with Gasteiger partial charge in [-0.15, -0.1) is 0 Å². The van der Waals surface area contributed by atoms with E-state index >= 15 is 0 Å². The largest absolute Gasteiger partial charge is 0.263 e. The Bertz CT molecular complexity index is 3070. The third-order valence-electron chi connectivity index (χ3n) is 10.9. The van der Waals surface area contributed by atoms with Crippen molar-refractivity contribution in [3.8, 4) is 62.4 Å². The summed E-state index contributed by atoms with van der Waals surface area (Å²) in [6.07, 6.45) is 4.97. The van der Waals surface area contributed by atoms with E-state index in [0.717, 1.165) is 66.8 Å². The van der Waals surface area contributed by atoms with E-state index in [-0.39, 0.29) is 0 Å². The molecule has 0 N–H and O–H groups in total. The minimum atomic E-state index is -0.701. The van der Waals surface area contributed by atoms with Crippen LogP contribution in [0.2, 0.25) is 0 Å². The summed E-state index contributed by atoms with van der Waals surface area (Å²) in [7, 11) is 0. The summed E-state index contributed by atoms with van der Waals surface area (Å²) in [5.74, 6) is 0. The molecule has 0 spiro atoms. The first-order chi connectivity index (χ1) is 28.1. The first-order valence-corrected chi connectivity index (χ1v) is 18.6. The number of nitriles is 1. The number of hydrogen-bond donors (Lipinski definition) is 0. The van der Waals surface area contributed by atoms with Gasteiger partial charge in [0, 0.05) is 35.3 Å². The fourth-order valence-electron chi connectivity index (χ4n) is 8.47. The maximum Gasteiger partial charge on any atom is 0.190 e. The smallest absolute Gasteiger partial charge is 0.190 e. The summed E-state index contributed by atoms with van der Waals surface area (Å²) in [6, 6.07) is 58.8. The van der Waals surface area contributed by atoms with Crippen LogP contribution in [0.15, 0.2) is 182 Å². The number of fused-ring (bicyclic) bond motifs is 5. The molecule has 57 heavy (non-hydrogen) atoms. The Morgan fingerprint density at radius 2 is 1.19 bits per heavy atom. The SMILES string of the molecule is [C-]#[N+]c1ccnc(-c2cccc(-c3cc4c(c5ccccc35)-c3ccc(-c5cccc(-c6cncc(C#N)c6)n5)cc3C4(c3ccccc3)c3ccccc3)n2)c1. The van der Waals surface area contributed by atoms with Crippen LogP contribution < -0.4 is 0 Å². The summed E-state index contributed by atoms with van der Waals surface area (Å²) < 4.78 is 0. The van der Waals surface area contributed by atoms with Gasteiger partial charge in [0.2, 0.25) is 0 Å². The van der Waals surface area contributed by atoms with Crippen molar-refractivity contribution in [3.63, 3.8) is 0 Å². The first-order valence-electron chi connectivity index (χ1n) is 18.6. The average molecular weight is 727 g/mol. The standard InChI is InChI=1S/C51H30N6/c1-53-38-24-25-55-49(28-38)48-21-11-20-47(57-48)42-29-44-50(40-17-9-8-16-39(40)42)41-23-22-34(45-18-10-19-46(56-45)35-26-33(30-52)31-54-32-35)27-43(41)51(44,36-12-4-2-5-13-36)37-14-6-3-7-15-37/h2-29,31-32H. The van der Waals surface area contributed by atoms with Crippen LogP contribution in [0.5, 0.6) is 0 Å². The maximum atomic E-state index is 9.54. The molecule has 6 nitrogen and oxygen atoms in total.